The fraction of sp³-hybridized carbons (Fsp3) is 0.448. The Hall–Kier alpha value is -1.90. The lowest BCUT2D eigenvalue weighted by Crippen LogP contribution is -2.56. The molecule has 1 nitrogen and oxygen atoms in total. The van der Waals surface area contributed by atoms with Gasteiger partial charge >= 0.3 is 0 Å². The van der Waals surface area contributed by atoms with E-state index in [2.05, 4.69) is 80.1 Å². The van der Waals surface area contributed by atoms with Crippen LogP contribution in [0.3, 0.4) is 0 Å². The summed E-state index contributed by atoms with van der Waals surface area (Å²) in [5, 5.41) is 0. The normalized spacial score (nSPS) is 21.4. The first-order valence-electron chi connectivity index (χ1n) is 12.2. The lowest BCUT2D eigenvalue weighted by Gasteiger charge is -2.39. The molecule has 2 unspecified atom stereocenters. The van der Waals surface area contributed by atoms with Crippen LogP contribution in [0.2, 0.25) is 13.1 Å². The van der Waals surface area contributed by atoms with Crippen LogP contribution in [0, 0.1) is 5.92 Å². The highest BCUT2D eigenvalue weighted by Crippen LogP contribution is 2.46. The van der Waals surface area contributed by atoms with Crippen molar-refractivity contribution >= 4 is 8.24 Å². The summed E-state index contributed by atoms with van der Waals surface area (Å²) >= 11 is 0. The number of hydrogen-bond acceptors (Lipinski definition) is 1. The van der Waals surface area contributed by atoms with Gasteiger partial charge in [-0.15, -0.1) is 0 Å². The topological polar surface area (TPSA) is 12.0 Å². The van der Waals surface area contributed by atoms with Crippen molar-refractivity contribution in [1.29, 1.82) is 0 Å². The van der Waals surface area contributed by atoms with Crippen LogP contribution < -0.4 is 4.98 Å². The van der Waals surface area contributed by atoms with E-state index in [0.29, 0.717) is 0 Å². The van der Waals surface area contributed by atoms with Crippen molar-refractivity contribution in [2.24, 2.45) is 5.92 Å². The Bertz CT molecular complexity index is 862. The van der Waals surface area contributed by atoms with Gasteiger partial charge in [-0.05, 0) is 59.9 Å². The molecule has 0 aromatic heterocycles. The Balaban J connectivity index is 0.000000491. The van der Waals surface area contributed by atoms with Gasteiger partial charge in [0.15, 0.2) is 0 Å². The van der Waals surface area contributed by atoms with Gasteiger partial charge in [0.1, 0.15) is 8.24 Å². The molecule has 0 radical (unpaired) electrons. The standard InChI is InChI=1S/C24H33NSi.C5H8/c1-18-17-23-21(19-11-6-4-7-12-19)15-10-16-22(23)24(18)26(2,3)25-20-13-8-5-9-14-20;1-3-5-4-2/h4,6-7,10-12,15-16,18,20,24-25H,5,8-9,13-14,17H2,1-3H3;3-5H,1H2,2H3. The van der Waals surface area contributed by atoms with E-state index >= 15 is 0 Å². The van der Waals surface area contributed by atoms with Crippen molar-refractivity contribution in [2.45, 2.75) is 77.0 Å². The molecular weight excluding hydrogens is 390 g/mol. The highest BCUT2D eigenvalue weighted by Gasteiger charge is 2.43. The fourth-order valence-electron chi connectivity index (χ4n) is 5.86. The predicted octanol–water partition coefficient (Wildman–Crippen LogP) is 8.04. The molecule has 2 atom stereocenters. The molecule has 2 heteroatoms. The first kappa shape index (κ1) is 23.8. The van der Waals surface area contributed by atoms with Crippen LogP contribution >= 0.6 is 0 Å². The smallest absolute Gasteiger partial charge is 0.127 e. The zero-order valence-electron chi connectivity index (χ0n) is 20.0. The Kier molecular flexibility index (Phi) is 8.51. The van der Waals surface area contributed by atoms with Gasteiger partial charge < -0.3 is 4.98 Å². The van der Waals surface area contributed by atoms with Crippen LogP contribution in [0.5, 0.6) is 0 Å². The second kappa shape index (κ2) is 11.1. The second-order valence-electron chi connectivity index (χ2n) is 9.86. The number of rotatable bonds is 5. The molecule has 1 N–H and O–H groups in total. The molecular formula is C29H41NSi. The van der Waals surface area contributed by atoms with E-state index in [4.69, 9.17) is 0 Å². The number of nitrogens with one attached hydrogen (secondary N) is 1. The number of fused-ring (bicyclic) bond motifs is 1. The van der Waals surface area contributed by atoms with Crippen LogP contribution in [0.25, 0.3) is 11.1 Å². The van der Waals surface area contributed by atoms with Crippen LogP contribution in [0.1, 0.15) is 62.6 Å². The molecule has 2 aromatic rings. The van der Waals surface area contributed by atoms with E-state index < -0.39 is 8.24 Å². The van der Waals surface area contributed by atoms with E-state index in [1.54, 1.807) is 17.2 Å². The summed E-state index contributed by atoms with van der Waals surface area (Å²) in [6, 6.07) is 18.8. The molecule has 0 amide bonds. The fourth-order valence-corrected chi connectivity index (χ4v) is 9.97. The minimum absolute atomic E-state index is 0.725. The molecule has 0 aliphatic heterocycles. The predicted molar refractivity (Wildman–Crippen MR) is 140 cm³/mol. The number of hydrogen-bond donors (Lipinski definition) is 1. The maximum atomic E-state index is 4.21. The van der Waals surface area contributed by atoms with Crippen LogP contribution in [0.15, 0.2) is 73.3 Å². The average Bonchev–Trinajstić information content (AvgIpc) is 3.12. The molecule has 1 fully saturated rings. The molecule has 0 heterocycles. The van der Waals surface area contributed by atoms with Gasteiger partial charge in [-0.3, -0.25) is 0 Å². The third-order valence-electron chi connectivity index (χ3n) is 7.01. The first-order chi connectivity index (χ1) is 15.0. The van der Waals surface area contributed by atoms with Crippen LogP contribution in [-0.4, -0.2) is 14.3 Å². The summed E-state index contributed by atoms with van der Waals surface area (Å²) in [4.78, 5) is 4.21. The van der Waals surface area contributed by atoms with E-state index in [0.717, 1.165) is 17.5 Å². The van der Waals surface area contributed by atoms with Gasteiger partial charge in [-0.2, -0.15) is 0 Å². The third kappa shape index (κ3) is 5.87. The maximum Gasteiger partial charge on any atom is 0.127 e. The Morgan fingerprint density at radius 1 is 0.968 bits per heavy atom. The summed E-state index contributed by atoms with van der Waals surface area (Å²) in [6.07, 6.45) is 13.8. The first-order valence-corrected chi connectivity index (χ1v) is 15.2. The zero-order valence-corrected chi connectivity index (χ0v) is 21.0. The largest absolute Gasteiger partial charge is 0.334 e. The van der Waals surface area contributed by atoms with Crippen molar-refractivity contribution in [2.75, 3.05) is 0 Å². The van der Waals surface area contributed by atoms with Crippen molar-refractivity contribution in [3.8, 4) is 11.1 Å². The second-order valence-corrected chi connectivity index (χ2v) is 14.2. The van der Waals surface area contributed by atoms with E-state index in [-0.39, 0.29) is 0 Å². The van der Waals surface area contributed by atoms with Crippen molar-refractivity contribution in [3.05, 3.63) is 84.5 Å². The summed E-state index contributed by atoms with van der Waals surface area (Å²) in [5.41, 5.74) is 6.81. The lowest BCUT2D eigenvalue weighted by atomic mass is 9.96. The molecule has 31 heavy (non-hydrogen) atoms. The van der Waals surface area contributed by atoms with Crippen molar-refractivity contribution in [3.63, 3.8) is 0 Å². The van der Waals surface area contributed by atoms with Gasteiger partial charge in [0.05, 0.1) is 0 Å². The average molecular weight is 432 g/mol. The quantitative estimate of drug-likeness (QED) is 0.373. The molecule has 166 valence electrons. The van der Waals surface area contributed by atoms with Gasteiger partial charge in [-0.25, -0.2) is 0 Å². The number of allylic oxidation sites excluding steroid dienone is 3. The number of benzene rings is 2. The molecule has 4 rings (SSSR count). The molecule has 2 aliphatic rings. The van der Waals surface area contributed by atoms with E-state index in [9.17, 15) is 0 Å². The monoisotopic (exact) mass is 431 g/mol. The third-order valence-corrected chi connectivity index (χ3v) is 10.6. The summed E-state index contributed by atoms with van der Waals surface area (Å²) in [7, 11) is -1.55. The van der Waals surface area contributed by atoms with E-state index in [1.807, 2.05) is 19.1 Å². The van der Waals surface area contributed by atoms with Crippen molar-refractivity contribution < 1.29 is 0 Å². The van der Waals surface area contributed by atoms with Crippen LogP contribution in [0.4, 0.5) is 0 Å². The molecule has 0 bridgehead atoms. The molecule has 0 spiro atoms. The molecule has 2 aliphatic carbocycles. The van der Waals surface area contributed by atoms with Crippen LogP contribution in [-0.2, 0) is 6.42 Å². The highest BCUT2D eigenvalue weighted by molar-refractivity contribution is 6.76. The van der Waals surface area contributed by atoms with E-state index in [1.165, 1.54) is 49.7 Å². The summed E-state index contributed by atoms with van der Waals surface area (Å²) in [5.74, 6) is 0.743. The van der Waals surface area contributed by atoms with Crippen molar-refractivity contribution in [1.82, 2.24) is 4.98 Å². The summed E-state index contributed by atoms with van der Waals surface area (Å²) in [6.45, 7) is 13.1. The molecule has 1 saturated carbocycles. The van der Waals surface area contributed by atoms with Gasteiger partial charge in [0.25, 0.3) is 0 Å². The highest BCUT2D eigenvalue weighted by atomic mass is 28.3. The molecule has 2 aromatic carbocycles. The Labute approximate surface area is 191 Å². The maximum absolute atomic E-state index is 4.21. The molecule has 0 saturated heterocycles. The minimum atomic E-state index is -1.55. The van der Waals surface area contributed by atoms with Gasteiger partial charge in [0, 0.05) is 6.04 Å². The van der Waals surface area contributed by atoms with Gasteiger partial charge in [0.2, 0.25) is 0 Å². The SMILES string of the molecule is C=CC=CC.CC1Cc2c(-c3ccccc3)cccc2C1[Si](C)(C)NC1CCCCC1. The zero-order chi connectivity index (χ0) is 22.3. The summed E-state index contributed by atoms with van der Waals surface area (Å²) < 4.78 is 0. The Morgan fingerprint density at radius 3 is 2.29 bits per heavy atom. The Morgan fingerprint density at radius 2 is 1.68 bits per heavy atom. The minimum Gasteiger partial charge on any atom is -0.334 e. The lowest BCUT2D eigenvalue weighted by molar-refractivity contribution is 0.409. The van der Waals surface area contributed by atoms with Gasteiger partial charge in [-0.1, -0.05) is 113 Å².